The lowest BCUT2D eigenvalue weighted by Gasteiger charge is -2.35. The number of aromatic carboxylic acids is 1. The van der Waals surface area contributed by atoms with Gasteiger partial charge in [0.25, 0.3) is 5.91 Å². The van der Waals surface area contributed by atoms with Crippen molar-refractivity contribution >= 4 is 62.6 Å². The van der Waals surface area contributed by atoms with Crippen molar-refractivity contribution < 1.29 is 24.2 Å². The number of carboxylic acid groups (broad SMARTS) is 1. The van der Waals surface area contributed by atoms with Crippen molar-refractivity contribution in [1.29, 1.82) is 0 Å². The smallest absolute Gasteiger partial charge is 0.352 e. The zero-order valence-electron chi connectivity index (χ0n) is 34.8. The molecular weight excluding hydrogens is 797 g/mol. The SMILES string of the molecule is Cc1cc(N2CC(C)n3c(c(CCCOc4cc(C)c(Cl)c(C)c4)c4ccc(Cl)c(-c5c(C)nc(COCc6ccccc6)nc5C)c43)C2=O)c2c(c1)cc(C(=O)O)n2C. The van der Waals surface area contributed by atoms with Crippen LogP contribution in [-0.2, 0) is 31.4 Å². The van der Waals surface area contributed by atoms with Gasteiger partial charge in [-0.15, -0.1) is 0 Å². The minimum atomic E-state index is -1.03. The number of ether oxygens (including phenoxy) is 2. The maximum absolute atomic E-state index is 15.3. The first-order valence-corrected chi connectivity index (χ1v) is 20.8. The Balaban J connectivity index is 1.24. The molecule has 8 rings (SSSR count). The highest BCUT2D eigenvalue weighted by molar-refractivity contribution is 6.35. The van der Waals surface area contributed by atoms with Gasteiger partial charge in [-0.2, -0.15) is 0 Å². The first kappa shape index (κ1) is 41.1. The van der Waals surface area contributed by atoms with E-state index in [2.05, 4.69) is 11.5 Å². The third kappa shape index (κ3) is 7.42. The molecule has 0 saturated carbocycles. The van der Waals surface area contributed by atoms with Gasteiger partial charge in [-0.25, -0.2) is 14.8 Å². The fourth-order valence-electron chi connectivity index (χ4n) is 8.89. The van der Waals surface area contributed by atoms with E-state index in [0.717, 1.165) is 77.4 Å². The summed E-state index contributed by atoms with van der Waals surface area (Å²) in [5.74, 6) is 0.116. The number of nitrogens with zero attached hydrogens (tertiary/aromatic N) is 5. The van der Waals surface area contributed by atoms with Gasteiger partial charge in [-0.3, -0.25) is 4.79 Å². The van der Waals surface area contributed by atoms with E-state index < -0.39 is 5.97 Å². The number of aryl methyl sites for hydroxylation is 7. The summed E-state index contributed by atoms with van der Waals surface area (Å²) in [6.45, 7) is 13.4. The number of amides is 1. The largest absolute Gasteiger partial charge is 0.494 e. The molecule has 12 heteroatoms. The van der Waals surface area contributed by atoms with Crippen LogP contribution in [0.2, 0.25) is 10.0 Å². The minimum Gasteiger partial charge on any atom is -0.494 e. The number of carboxylic acids is 1. The van der Waals surface area contributed by atoms with E-state index in [1.54, 1.807) is 17.7 Å². The standard InChI is InChI=1S/C48H47Cl2N5O5/c1-26-18-33-22-39(48(57)58)53(7)44(33)38(19-26)54-23-29(4)55-45-36(35(46(55)47(54)56)14-11-17-60-34-20-27(2)43(50)28(3)21-34)15-16-37(49)42(45)41-30(5)51-40(52-31(41)6)25-59-24-32-12-9-8-10-13-32/h8-10,12-13,15-16,18-22,29H,11,14,17,23-25H2,1-7H3,(H,57,58). The predicted molar refractivity (Wildman–Crippen MR) is 238 cm³/mol. The number of carbonyl (C=O) groups is 2. The first-order chi connectivity index (χ1) is 28.7. The van der Waals surface area contributed by atoms with Crippen LogP contribution in [0.3, 0.4) is 0 Å². The number of benzene rings is 4. The van der Waals surface area contributed by atoms with Crippen LogP contribution in [0, 0.1) is 34.6 Å². The molecular formula is C48H47Cl2N5O5. The number of aromatic nitrogens is 4. The molecule has 60 heavy (non-hydrogen) atoms. The molecule has 308 valence electrons. The Morgan fingerprint density at radius 2 is 1.58 bits per heavy atom. The van der Waals surface area contributed by atoms with Crippen molar-refractivity contribution in [1.82, 2.24) is 19.1 Å². The monoisotopic (exact) mass is 843 g/mol. The van der Waals surface area contributed by atoms with Gasteiger partial charge < -0.3 is 28.6 Å². The van der Waals surface area contributed by atoms with Crippen molar-refractivity contribution in [2.24, 2.45) is 7.05 Å². The third-order valence-corrected chi connectivity index (χ3v) is 12.4. The number of fused-ring (bicyclic) bond motifs is 4. The van der Waals surface area contributed by atoms with E-state index in [-0.39, 0.29) is 24.2 Å². The third-order valence-electron chi connectivity index (χ3n) is 11.5. The molecule has 10 nitrogen and oxygen atoms in total. The van der Waals surface area contributed by atoms with E-state index >= 15 is 4.79 Å². The van der Waals surface area contributed by atoms with Gasteiger partial charge in [-0.1, -0.05) is 59.6 Å². The summed E-state index contributed by atoms with van der Waals surface area (Å²) in [4.78, 5) is 39.2. The Labute approximate surface area is 359 Å². The van der Waals surface area contributed by atoms with E-state index in [1.807, 2.05) is 106 Å². The average molecular weight is 845 g/mol. The van der Waals surface area contributed by atoms with Gasteiger partial charge in [0.15, 0.2) is 5.82 Å². The van der Waals surface area contributed by atoms with Gasteiger partial charge in [0.2, 0.25) is 0 Å². The van der Waals surface area contributed by atoms with E-state index in [4.69, 9.17) is 42.6 Å². The highest BCUT2D eigenvalue weighted by atomic mass is 35.5. The van der Waals surface area contributed by atoms with Crippen LogP contribution in [0.25, 0.3) is 32.9 Å². The molecule has 1 N–H and O–H groups in total. The summed E-state index contributed by atoms with van der Waals surface area (Å²) < 4.78 is 16.1. The Morgan fingerprint density at radius 1 is 0.883 bits per heavy atom. The zero-order valence-corrected chi connectivity index (χ0v) is 36.3. The molecule has 0 aliphatic carbocycles. The van der Waals surface area contributed by atoms with Crippen molar-refractivity contribution in [3.63, 3.8) is 0 Å². The maximum atomic E-state index is 15.3. The number of halogens is 2. The lowest BCUT2D eigenvalue weighted by molar-refractivity contribution is 0.0687. The second-order valence-corrected chi connectivity index (χ2v) is 16.7. The molecule has 1 amide bonds. The molecule has 0 saturated heterocycles. The second-order valence-electron chi connectivity index (χ2n) is 15.9. The van der Waals surface area contributed by atoms with Gasteiger partial charge in [0, 0.05) is 57.9 Å². The minimum absolute atomic E-state index is 0.149. The van der Waals surface area contributed by atoms with E-state index in [9.17, 15) is 9.90 Å². The highest BCUT2D eigenvalue weighted by Gasteiger charge is 2.38. The van der Waals surface area contributed by atoms with Gasteiger partial charge >= 0.3 is 5.97 Å². The zero-order chi connectivity index (χ0) is 42.6. The van der Waals surface area contributed by atoms with Crippen LogP contribution >= 0.6 is 23.2 Å². The van der Waals surface area contributed by atoms with Crippen LogP contribution in [0.15, 0.2) is 72.8 Å². The molecule has 0 fully saturated rings. The fourth-order valence-corrected chi connectivity index (χ4v) is 9.24. The number of hydrogen-bond donors (Lipinski definition) is 1. The molecule has 0 radical (unpaired) electrons. The Bertz CT molecular complexity index is 2800. The van der Waals surface area contributed by atoms with Crippen LogP contribution in [-0.4, -0.2) is 49.2 Å². The molecule has 4 aromatic carbocycles. The quantitative estimate of drug-likeness (QED) is 0.122. The summed E-state index contributed by atoms with van der Waals surface area (Å²) in [6, 6.07) is 23.2. The van der Waals surface area contributed by atoms with E-state index in [0.29, 0.717) is 60.3 Å². The lowest BCUT2D eigenvalue weighted by atomic mass is 9.97. The maximum Gasteiger partial charge on any atom is 0.352 e. The molecule has 1 atom stereocenters. The molecule has 1 aliphatic rings. The van der Waals surface area contributed by atoms with Crippen LogP contribution in [0.1, 0.15) is 85.4 Å². The summed E-state index contributed by atoms with van der Waals surface area (Å²) in [6.07, 6.45) is 1.17. The molecule has 0 spiro atoms. The van der Waals surface area contributed by atoms with Crippen molar-refractivity contribution in [2.75, 3.05) is 18.1 Å². The molecule has 4 heterocycles. The number of hydrogen-bond acceptors (Lipinski definition) is 6. The summed E-state index contributed by atoms with van der Waals surface area (Å²) >= 11 is 13.7. The molecule has 1 unspecified atom stereocenters. The summed E-state index contributed by atoms with van der Waals surface area (Å²) in [5, 5.41) is 13.0. The lowest BCUT2D eigenvalue weighted by Crippen LogP contribution is -2.43. The molecule has 0 bridgehead atoms. The number of anilines is 1. The van der Waals surface area contributed by atoms with Crippen molar-refractivity contribution in [3.05, 3.63) is 139 Å². The Hall–Kier alpha value is -5.68. The fraction of sp³-hybridized carbons (Fsp3) is 0.292. The number of rotatable bonds is 12. The van der Waals surface area contributed by atoms with Crippen LogP contribution in [0.5, 0.6) is 5.75 Å². The van der Waals surface area contributed by atoms with Gasteiger partial charge in [0.05, 0.1) is 35.0 Å². The molecule has 1 aliphatic heterocycles. The molecule has 7 aromatic rings. The highest BCUT2D eigenvalue weighted by Crippen LogP contribution is 2.45. The average Bonchev–Trinajstić information content (AvgIpc) is 3.72. The van der Waals surface area contributed by atoms with Gasteiger partial charge in [0.1, 0.15) is 23.7 Å². The van der Waals surface area contributed by atoms with Gasteiger partial charge in [-0.05, 0) is 119 Å². The van der Waals surface area contributed by atoms with Crippen LogP contribution in [0.4, 0.5) is 5.69 Å². The summed E-state index contributed by atoms with van der Waals surface area (Å²) in [7, 11) is 1.73. The van der Waals surface area contributed by atoms with E-state index in [1.165, 1.54) is 0 Å². The molecule has 3 aromatic heterocycles. The normalized spacial score (nSPS) is 14.1. The van der Waals surface area contributed by atoms with Crippen molar-refractivity contribution in [3.8, 4) is 16.9 Å². The first-order valence-electron chi connectivity index (χ1n) is 20.1. The predicted octanol–water partition coefficient (Wildman–Crippen LogP) is 11.1. The number of carbonyl (C=O) groups excluding carboxylic acids is 1. The topological polar surface area (TPSA) is 112 Å². The second kappa shape index (κ2) is 16.4. The summed E-state index contributed by atoms with van der Waals surface area (Å²) in [5.41, 5.74) is 10.8. The Kier molecular flexibility index (Phi) is 11.2. The Morgan fingerprint density at radius 3 is 2.27 bits per heavy atom. The van der Waals surface area contributed by atoms with Crippen molar-refractivity contribution in [2.45, 2.75) is 73.6 Å². The van der Waals surface area contributed by atoms with Crippen LogP contribution < -0.4 is 9.64 Å².